The van der Waals surface area contributed by atoms with Crippen LogP contribution in [0.1, 0.15) is 5.56 Å². The molecule has 1 aromatic carbocycles. The number of amides is 3. The van der Waals surface area contributed by atoms with E-state index in [1.807, 2.05) is 12.1 Å². The number of hydrogen-bond acceptors (Lipinski definition) is 3. The van der Waals surface area contributed by atoms with Crippen LogP contribution in [0.5, 0.6) is 0 Å². The van der Waals surface area contributed by atoms with Crippen molar-refractivity contribution in [1.82, 2.24) is 9.80 Å². The molecule has 2 heterocycles. The zero-order valence-electron chi connectivity index (χ0n) is 11.7. The summed E-state index contributed by atoms with van der Waals surface area (Å²) >= 11 is 6.11. The third kappa shape index (κ3) is 2.12. The number of halogens is 1. The van der Waals surface area contributed by atoms with Crippen LogP contribution in [-0.4, -0.2) is 58.6 Å². The lowest BCUT2D eigenvalue weighted by Crippen LogP contribution is -2.61. The lowest BCUT2D eigenvalue weighted by atomic mass is 10.1. The molecular formula is C14H14ClN4O2+. The molecule has 0 radical (unpaired) electrons. The summed E-state index contributed by atoms with van der Waals surface area (Å²) in [7, 11) is 3.38. The second-order valence-electron chi connectivity index (χ2n) is 5.03. The smallest absolute Gasteiger partial charge is 0.269 e. The van der Waals surface area contributed by atoms with E-state index in [0.29, 0.717) is 10.9 Å². The highest BCUT2D eigenvalue weighted by Crippen LogP contribution is 2.22. The van der Waals surface area contributed by atoms with Crippen LogP contribution in [0.4, 0.5) is 4.79 Å². The SMILES string of the molecule is CN1C(=O)N(Cc2ccccc2Cl)C(=O)C2C1=NC=[N+]2C. The molecule has 0 N–H and O–H groups in total. The fourth-order valence-corrected chi connectivity index (χ4v) is 2.68. The van der Waals surface area contributed by atoms with Gasteiger partial charge in [-0.3, -0.25) is 14.6 Å². The van der Waals surface area contributed by atoms with Crippen LogP contribution >= 0.6 is 11.6 Å². The Morgan fingerprint density at radius 2 is 2.05 bits per heavy atom. The normalized spacial score (nSPS) is 21.4. The first kappa shape index (κ1) is 13.8. The molecule has 21 heavy (non-hydrogen) atoms. The minimum atomic E-state index is -0.546. The molecule has 108 valence electrons. The number of benzene rings is 1. The molecule has 0 aromatic heterocycles. The van der Waals surface area contributed by atoms with Gasteiger partial charge in [-0.05, 0) is 16.6 Å². The molecule has 0 spiro atoms. The van der Waals surface area contributed by atoms with Gasteiger partial charge in [0.05, 0.1) is 13.6 Å². The van der Waals surface area contributed by atoms with E-state index in [2.05, 4.69) is 4.99 Å². The van der Waals surface area contributed by atoms with Crippen molar-refractivity contribution in [2.45, 2.75) is 12.6 Å². The molecule has 1 aromatic rings. The fourth-order valence-electron chi connectivity index (χ4n) is 2.49. The first-order valence-electron chi connectivity index (χ1n) is 6.46. The van der Waals surface area contributed by atoms with Gasteiger partial charge in [-0.15, -0.1) is 0 Å². The number of nitrogens with zero attached hydrogens (tertiary/aromatic N) is 4. The van der Waals surface area contributed by atoms with Crippen LogP contribution in [0, 0.1) is 0 Å². The number of likely N-dealkylation sites (N-methyl/N-ethyl adjacent to an activating group) is 2. The van der Waals surface area contributed by atoms with Crippen molar-refractivity contribution < 1.29 is 14.2 Å². The summed E-state index contributed by atoms with van der Waals surface area (Å²) in [5.41, 5.74) is 0.735. The number of urea groups is 1. The summed E-state index contributed by atoms with van der Waals surface area (Å²) < 4.78 is 1.69. The van der Waals surface area contributed by atoms with Crippen LogP contribution < -0.4 is 0 Å². The van der Waals surface area contributed by atoms with Crippen LogP contribution in [0.25, 0.3) is 0 Å². The van der Waals surface area contributed by atoms with E-state index in [4.69, 9.17) is 11.6 Å². The van der Waals surface area contributed by atoms with Crippen molar-refractivity contribution in [3.05, 3.63) is 34.9 Å². The van der Waals surface area contributed by atoms with Gasteiger partial charge in [0.1, 0.15) is 0 Å². The lowest BCUT2D eigenvalue weighted by Gasteiger charge is -2.32. The molecular weight excluding hydrogens is 292 g/mol. The molecule has 7 heteroatoms. The Hall–Kier alpha value is -2.21. The van der Waals surface area contributed by atoms with Crippen LogP contribution in [-0.2, 0) is 11.3 Å². The highest BCUT2D eigenvalue weighted by Gasteiger charge is 2.50. The number of amidine groups is 1. The standard InChI is InChI=1S/C14H14ClN4O2/c1-17-8-16-12-11(17)13(20)19(14(21)18(12)2)7-9-5-3-4-6-10(9)15/h3-6,8,11H,7H2,1-2H3/q+1. The number of aliphatic imine (C=N–C) groups is 1. The quantitative estimate of drug-likeness (QED) is 0.771. The molecule has 1 atom stereocenters. The van der Waals surface area contributed by atoms with Crippen LogP contribution in [0.15, 0.2) is 29.3 Å². The summed E-state index contributed by atoms with van der Waals surface area (Å²) in [6.45, 7) is 0.152. The zero-order valence-corrected chi connectivity index (χ0v) is 12.4. The maximum atomic E-state index is 12.6. The van der Waals surface area contributed by atoms with Gasteiger partial charge in [-0.2, -0.15) is 0 Å². The third-order valence-corrected chi connectivity index (χ3v) is 4.04. The Labute approximate surface area is 126 Å². The second kappa shape index (κ2) is 4.96. The Morgan fingerprint density at radius 3 is 2.76 bits per heavy atom. The van der Waals surface area contributed by atoms with Crippen molar-refractivity contribution in [3.63, 3.8) is 0 Å². The van der Waals surface area contributed by atoms with E-state index in [1.54, 1.807) is 37.1 Å². The number of fused-ring (bicyclic) bond motifs is 1. The van der Waals surface area contributed by atoms with E-state index in [9.17, 15) is 9.59 Å². The maximum Gasteiger partial charge on any atom is 0.334 e. The topological polar surface area (TPSA) is 56.0 Å². The highest BCUT2D eigenvalue weighted by molar-refractivity contribution is 6.31. The van der Waals surface area contributed by atoms with Gasteiger partial charge in [-0.25, -0.2) is 9.37 Å². The first-order valence-corrected chi connectivity index (χ1v) is 6.84. The predicted octanol–water partition coefficient (Wildman–Crippen LogP) is 1.19. The Morgan fingerprint density at radius 1 is 1.33 bits per heavy atom. The number of rotatable bonds is 2. The molecule has 0 bridgehead atoms. The zero-order chi connectivity index (χ0) is 15.1. The second-order valence-corrected chi connectivity index (χ2v) is 5.44. The van der Waals surface area contributed by atoms with Gasteiger partial charge >= 0.3 is 6.03 Å². The summed E-state index contributed by atoms with van der Waals surface area (Å²) in [6, 6.07) is 6.24. The van der Waals surface area contributed by atoms with E-state index >= 15 is 0 Å². The Balaban J connectivity index is 1.93. The third-order valence-electron chi connectivity index (χ3n) is 3.67. The van der Waals surface area contributed by atoms with E-state index in [-0.39, 0.29) is 12.5 Å². The molecule has 2 aliphatic rings. The van der Waals surface area contributed by atoms with Crippen LogP contribution in [0.3, 0.4) is 0 Å². The molecule has 1 fully saturated rings. The minimum Gasteiger partial charge on any atom is -0.269 e. The average Bonchev–Trinajstić information content (AvgIpc) is 2.85. The summed E-state index contributed by atoms with van der Waals surface area (Å²) in [5, 5.41) is 0.534. The van der Waals surface area contributed by atoms with Crippen molar-refractivity contribution in [1.29, 1.82) is 0 Å². The molecule has 6 nitrogen and oxygen atoms in total. The minimum absolute atomic E-state index is 0.152. The van der Waals surface area contributed by atoms with Crippen LogP contribution in [0.2, 0.25) is 5.02 Å². The van der Waals surface area contributed by atoms with E-state index in [0.717, 1.165) is 5.56 Å². The molecule has 2 aliphatic heterocycles. The molecule has 1 saturated heterocycles. The van der Waals surface area contributed by atoms with E-state index in [1.165, 1.54) is 9.80 Å². The van der Waals surface area contributed by atoms with Gasteiger partial charge in [0.15, 0.2) is 0 Å². The van der Waals surface area contributed by atoms with Gasteiger partial charge in [-0.1, -0.05) is 29.8 Å². The Kier molecular flexibility index (Phi) is 3.25. The average molecular weight is 306 g/mol. The highest BCUT2D eigenvalue weighted by atomic mass is 35.5. The first-order chi connectivity index (χ1) is 10.0. The van der Waals surface area contributed by atoms with Crippen molar-refractivity contribution in [2.24, 2.45) is 4.99 Å². The van der Waals surface area contributed by atoms with Gasteiger partial charge in [0, 0.05) is 12.1 Å². The number of carbonyl (C=O) groups excluding carboxylic acids is 2. The molecule has 1 unspecified atom stereocenters. The van der Waals surface area contributed by atoms with Crippen molar-refractivity contribution in [2.75, 3.05) is 14.1 Å². The Bertz CT molecular complexity index is 698. The number of imide groups is 1. The number of carbonyl (C=O) groups is 2. The summed E-state index contributed by atoms with van der Waals surface area (Å²) in [5.74, 6) is 0.177. The molecule has 3 rings (SSSR count). The summed E-state index contributed by atoms with van der Waals surface area (Å²) in [6.07, 6.45) is 1.56. The monoisotopic (exact) mass is 305 g/mol. The lowest BCUT2D eigenvalue weighted by molar-refractivity contribution is -0.501. The van der Waals surface area contributed by atoms with Crippen molar-refractivity contribution in [3.8, 4) is 0 Å². The van der Waals surface area contributed by atoms with Gasteiger partial charge < -0.3 is 0 Å². The largest absolute Gasteiger partial charge is 0.334 e. The molecule has 0 aliphatic carbocycles. The van der Waals surface area contributed by atoms with E-state index < -0.39 is 12.1 Å². The van der Waals surface area contributed by atoms with Gasteiger partial charge in [0.2, 0.25) is 0 Å². The maximum absolute atomic E-state index is 12.6. The molecule has 0 saturated carbocycles. The summed E-state index contributed by atoms with van der Waals surface area (Å²) in [4.78, 5) is 31.7. The van der Waals surface area contributed by atoms with Gasteiger partial charge in [0.25, 0.3) is 24.1 Å². The predicted molar refractivity (Wildman–Crippen MR) is 78.6 cm³/mol. The molecule has 3 amide bonds. The number of hydrogen-bond donors (Lipinski definition) is 0. The fraction of sp³-hybridized carbons (Fsp3) is 0.286. The van der Waals surface area contributed by atoms with Crippen molar-refractivity contribution >= 4 is 35.7 Å².